The van der Waals surface area contributed by atoms with Gasteiger partial charge in [-0.05, 0) is 17.7 Å². The maximum absolute atomic E-state index is 12.5. The Balaban J connectivity index is 1.49. The summed E-state index contributed by atoms with van der Waals surface area (Å²) in [5.74, 6) is -1.01. The van der Waals surface area contributed by atoms with Gasteiger partial charge in [0.2, 0.25) is 0 Å². The quantitative estimate of drug-likeness (QED) is 0.468. The lowest BCUT2D eigenvalue weighted by atomic mass is 10.0. The minimum Gasteiger partial charge on any atom is -0.453 e. The van der Waals surface area contributed by atoms with Crippen LogP contribution < -0.4 is 0 Å². The van der Waals surface area contributed by atoms with Crippen LogP contribution in [0.25, 0.3) is 0 Å². The Morgan fingerprint density at radius 2 is 1.71 bits per heavy atom. The number of ether oxygens (including phenoxy) is 5. The Morgan fingerprint density at radius 1 is 1.03 bits per heavy atom. The van der Waals surface area contributed by atoms with E-state index in [2.05, 4.69) is 0 Å². The van der Waals surface area contributed by atoms with Crippen molar-refractivity contribution in [1.82, 2.24) is 0 Å². The molecule has 2 aromatic rings. The van der Waals surface area contributed by atoms with Crippen molar-refractivity contribution >= 4 is 33.7 Å². The van der Waals surface area contributed by atoms with Crippen molar-refractivity contribution in [2.24, 2.45) is 0 Å². The van der Waals surface area contributed by atoms with Crippen LogP contribution in [0, 0.1) is 0 Å². The Morgan fingerprint density at radius 3 is 2.38 bits per heavy atom. The third-order valence-corrected chi connectivity index (χ3v) is 7.23. The predicted octanol–water partition coefficient (Wildman–Crippen LogP) is 2.58. The molecule has 0 N–H and O–H groups in total. The van der Waals surface area contributed by atoms with Crippen molar-refractivity contribution in [2.75, 3.05) is 18.6 Å². The Bertz CT molecular complexity index is 1090. The molecule has 0 unspecified atom stereocenters. The maximum Gasteiger partial charge on any atom is 0.508 e. The van der Waals surface area contributed by atoms with Crippen molar-refractivity contribution in [1.29, 1.82) is 0 Å². The van der Waals surface area contributed by atoms with Crippen molar-refractivity contribution in [2.45, 2.75) is 41.4 Å². The molecule has 34 heavy (non-hydrogen) atoms. The molecule has 0 saturated carbocycles. The molecule has 2 aliphatic heterocycles. The van der Waals surface area contributed by atoms with E-state index < -0.39 is 51.8 Å². The van der Waals surface area contributed by atoms with Crippen molar-refractivity contribution in [3.63, 3.8) is 0 Å². The van der Waals surface area contributed by atoms with Crippen molar-refractivity contribution in [3.05, 3.63) is 66.2 Å². The largest absolute Gasteiger partial charge is 0.508 e. The molecule has 2 heterocycles. The van der Waals surface area contributed by atoms with Gasteiger partial charge in [-0.15, -0.1) is 0 Å². The average molecular weight is 509 g/mol. The van der Waals surface area contributed by atoms with Crippen LogP contribution in [0.3, 0.4) is 0 Å². The van der Waals surface area contributed by atoms with Gasteiger partial charge in [-0.2, -0.15) is 0 Å². The fraction of sp³-hybridized carbons (Fsp3) is 0.391. The van der Waals surface area contributed by atoms with Crippen LogP contribution >= 0.6 is 11.8 Å². The van der Waals surface area contributed by atoms with Crippen LogP contribution in [0.2, 0.25) is 0 Å². The van der Waals surface area contributed by atoms with E-state index in [1.807, 2.05) is 60.7 Å². The van der Waals surface area contributed by atoms with Crippen LogP contribution in [-0.2, 0) is 44.9 Å². The summed E-state index contributed by atoms with van der Waals surface area (Å²) in [7, 11) is -3.31. The highest BCUT2D eigenvalue weighted by atomic mass is 32.2. The van der Waals surface area contributed by atoms with Crippen LogP contribution in [0.15, 0.2) is 65.6 Å². The highest BCUT2D eigenvalue weighted by molar-refractivity contribution is 7.99. The molecular formula is C23H24O9S2. The van der Waals surface area contributed by atoms with E-state index in [1.165, 1.54) is 11.8 Å². The predicted molar refractivity (Wildman–Crippen MR) is 122 cm³/mol. The molecule has 0 amide bonds. The molecule has 2 saturated heterocycles. The summed E-state index contributed by atoms with van der Waals surface area (Å²) in [6.45, 7) is -0.138. The third kappa shape index (κ3) is 6.29. The monoisotopic (exact) mass is 508 g/mol. The van der Waals surface area contributed by atoms with Crippen molar-refractivity contribution < 1.29 is 41.7 Å². The van der Waals surface area contributed by atoms with Gasteiger partial charge in [-0.3, -0.25) is 0 Å². The first kappa shape index (κ1) is 24.5. The molecule has 11 heteroatoms. The van der Waals surface area contributed by atoms with Gasteiger partial charge in [-0.25, -0.2) is 18.0 Å². The number of fused-ring (bicyclic) bond motifs is 2. The number of esters is 1. The van der Waals surface area contributed by atoms with E-state index >= 15 is 0 Å². The molecular weight excluding hydrogens is 484 g/mol. The number of benzene rings is 2. The van der Waals surface area contributed by atoms with Gasteiger partial charge in [0.1, 0.15) is 18.1 Å². The zero-order valence-corrected chi connectivity index (χ0v) is 19.9. The van der Waals surface area contributed by atoms with Gasteiger partial charge in [0.15, 0.2) is 28.1 Å². The van der Waals surface area contributed by atoms with Gasteiger partial charge in [0.25, 0.3) is 0 Å². The Kier molecular flexibility index (Phi) is 7.77. The molecule has 2 bridgehead atoms. The fourth-order valence-electron chi connectivity index (χ4n) is 3.56. The zero-order chi connectivity index (χ0) is 24.1. The average Bonchev–Trinajstić information content (AvgIpc) is 3.01. The first-order valence-corrected chi connectivity index (χ1v) is 13.5. The highest BCUT2D eigenvalue weighted by Crippen LogP contribution is 2.41. The summed E-state index contributed by atoms with van der Waals surface area (Å²) in [5, 5.41) is 0. The van der Waals surface area contributed by atoms with Crippen LogP contribution in [0.4, 0.5) is 4.79 Å². The number of carbonyl (C=O) groups excluding carboxylic acids is 2. The SMILES string of the molecule is CS(=O)(=O)CCOC(=O)O[C@H]1[C@@H]2OC(=O)[C@H]1O[C@@H](Sc1ccccc1)[C@@H]2OCc1ccccc1. The fourth-order valence-corrected chi connectivity index (χ4v) is 5.07. The standard InChI is InChI=1S/C23H24O9S2/c1-34(26,27)13-12-28-23(25)32-17-18-20(29-14-15-8-4-2-5-9-15)22(31-19(17)21(24)30-18)33-16-10-6-3-7-11-16/h2-11,17-20,22H,12-14H2,1H3/t17-,18-,19-,20+,22-/m0/s1. The lowest BCUT2D eigenvalue weighted by molar-refractivity contribution is -0.169. The molecule has 0 spiro atoms. The van der Waals surface area contributed by atoms with E-state index in [-0.39, 0.29) is 19.0 Å². The number of hydrogen-bond acceptors (Lipinski definition) is 10. The van der Waals surface area contributed by atoms with Gasteiger partial charge < -0.3 is 23.7 Å². The number of thioether (sulfide) groups is 1. The topological polar surface area (TPSA) is 114 Å². The molecule has 2 aromatic carbocycles. The molecule has 0 aliphatic carbocycles. The van der Waals surface area contributed by atoms with Crippen LogP contribution in [-0.4, -0.2) is 69.0 Å². The summed E-state index contributed by atoms with van der Waals surface area (Å²) in [6, 6.07) is 19.0. The van der Waals surface area contributed by atoms with Crippen LogP contribution in [0.5, 0.6) is 0 Å². The smallest absolute Gasteiger partial charge is 0.453 e. The summed E-state index contributed by atoms with van der Waals surface area (Å²) in [4.78, 5) is 25.6. The van der Waals surface area contributed by atoms with E-state index in [9.17, 15) is 18.0 Å². The second-order valence-corrected chi connectivity index (χ2v) is 11.3. The summed E-state index contributed by atoms with van der Waals surface area (Å²) in [5.41, 5.74) is 0.309. The number of rotatable bonds is 9. The second-order valence-electron chi connectivity index (χ2n) is 7.83. The van der Waals surface area contributed by atoms with Gasteiger partial charge in [0, 0.05) is 11.2 Å². The van der Waals surface area contributed by atoms with E-state index in [0.29, 0.717) is 0 Å². The molecule has 2 aliphatic rings. The lowest BCUT2D eigenvalue weighted by Gasteiger charge is -2.37. The van der Waals surface area contributed by atoms with E-state index in [1.54, 1.807) is 0 Å². The second kappa shape index (κ2) is 10.8. The van der Waals surface area contributed by atoms with Crippen LogP contribution in [0.1, 0.15) is 5.56 Å². The normalized spacial score (nSPS) is 26.0. The first-order chi connectivity index (χ1) is 16.3. The molecule has 2 fully saturated rings. The zero-order valence-electron chi connectivity index (χ0n) is 18.3. The third-order valence-electron chi connectivity index (χ3n) is 5.17. The van der Waals surface area contributed by atoms with Gasteiger partial charge in [0.05, 0.1) is 12.4 Å². The van der Waals surface area contributed by atoms with Crippen molar-refractivity contribution in [3.8, 4) is 0 Å². The van der Waals surface area contributed by atoms with E-state index in [4.69, 9.17) is 23.7 Å². The maximum atomic E-state index is 12.5. The molecule has 0 radical (unpaired) electrons. The van der Waals surface area contributed by atoms with E-state index in [0.717, 1.165) is 16.7 Å². The molecule has 5 atom stereocenters. The Labute approximate surface area is 201 Å². The number of hydrogen-bond donors (Lipinski definition) is 0. The van der Waals surface area contributed by atoms with Gasteiger partial charge in [-0.1, -0.05) is 60.3 Å². The lowest BCUT2D eigenvalue weighted by Crippen LogP contribution is -2.54. The minimum absolute atomic E-state index is 0.227. The molecule has 4 rings (SSSR count). The molecule has 0 aromatic heterocycles. The number of carbonyl (C=O) groups is 2. The summed E-state index contributed by atoms with van der Waals surface area (Å²) < 4.78 is 50.3. The number of sulfone groups is 1. The molecule has 9 nitrogen and oxygen atoms in total. The summed E-state index contributed by atoms with van der Waals surface area (Å²) in [6.07, 6.45) is -3.98. The highest BCUT2D eigenvalue weighted by Gasteiger charge is 2.59. The van der Waals surface area contributed by atoms with Gasteiger partial charge >= 0.3 is 12.1 Å². The minimum atomic E-state index is -3.31. The Hall–Kier alpha value is -2.60. The molecule has 182 valence electrons. The summed E-state index contributed by atoms with van der Waals surface area (Å²) >= 11 is 1.38. The first-order valence-electron chi connectivity index (χ1n) is 10.5.